The SMILES string of the molecule is Nc1ncc(-c2nc(N3CCOCC3)c3ccc(Nc4ccc[n+]([O-])c4)cc3n2)cn1. The van der Waals surface area contributed by atoms with Crippen molar-refractivity contribution in [1.29, 1.82) is 0 Å². The lowest BCUT2D eigenvalue weighted by Crippen LogP contribution is -2.37. The van der Waals surface area contributed by atoms with E-state index in [1.165, 1.54) is 12.4 Å². The molecule has 31 heavy (non-hydrogen) atoms. The molecule has 1 aliphatic heterocycles. The lowest BCUT2D eigenvalue weighted by atomic mass is 10.1. The Morgan fingerprint density at radius 1 is 1.06 bits per heavy atom. The maximum atomic E-state index is 11.6. The third-order valence-electron chi connectivity index (χ3n) is 4.98. The maximum absolute atomic E-state index is 11.6. The first-order valence-corrected chi connectivity index (χ1v) is 9.84. The minimum Gasteiger partial charge on any atom is -0.619 e. The number of hydrogen-bond acceptors (Lipinski definition) is 9. The summed E-state index contributed by atoms with van der Waals surface area (Å²) in [5, 5.41) is 15.7. The number of ether oxygens (including phenoxy) is 1. The first-order chi connectivity index (χ1) is 15.2. The molecular weight excluding hydrogens is 396 g/mol. The van der Waals surface area contributed by atoms with Gasteiger partial charge in [0.1, 0.15) is 11.5 Å². The number of nitrogens with zero attached hydrogens (tertiary/aromatic N) is 6. The Balaban J connectivity index is 1.60. The van der Waals surface area contributed by atoms with Crippen LogP contribution in [0.4, 0.5) is 23.1 Å². The van der Waals surface area contributed by atoms with Gasteiger partial charge in [0.25, 0.3) is 0 Å². The standard InChI is InChI=1S/C21H20N8O2/c22-21-23-11-14(12-24-21)19-26-18-10-15(25-16-2-1-5-29(30)13-16)3-4-17(18)20(27-19)28-6-8-31-9-7-28/h1-5,10-13,25H,6-9H2,(H2,22,23,24). The van der Waals surface area contributed by atoms with E-state index in [1.807, 2.05) is 24.3 Å². The molecule has 0 spiro atoms. The first-order valence-electron chi connectivity index (χ1n) is 9.84. The number of nitrogen functional groups attached to an aromatic ring is 1. The van der Waals surface area contributed by atoms with Crippen molar-refractivity contribution in [3.63, 3.8) is 0 Å². The summed E-state index contributed by atoms with van der Waals surface area (Å²) >= 11 is 0. The zero-order valence-corrected chi connectivity index (χ0v) is 16.6. The number of pyridine rings is 1. The van der Waals surface area contributed by atoms with Gasteiger partial charge >= 0.3 is 0 Å². The van der Waals surface area contributed by atoms with Gasteiger partial charge in [-0.1, -0.05) is 0 Å². The summed E-state index contributed by atoms with van der Waals surface area (Å²) in [4.78, 5) is 19.9. The van der Waals surface area contributed by atoms with Gasteiger partial charge in [0, 0.05) is 42.6 Å². The molecule has 5 rings (SSSR count). The van der Waals surface area contributed by atoms with Crippen LogP contribution in [-0.4, -0.2) is 46.2 Å². The molecule has 1 aliphatic rings. The predicted molar refractivity (Wildman–Crippen MR) is 117 cm³/mol. The molecule has 0 aliphatic carbocycles. The Kier molecular flexibility index (Phi) is 4.89. The van der Waals surface area contributed by atoms with Crippen LogP contribution in [0.15, 0.2) is 55.1 Å². The fraction of sp³-hybridized carbons (Fsp3) is 0.190. The summed E-state index contributed by atoms with van der Waals surface area (Å²) < 4.78 is 6.25. The van der Waals surface area contributed by atoms with Crippen LogP contribution in [0, 0.1) is 5.21 Å². The summed E-state index contributed by atoms with van der Waals surface area (Å²) in [6, 6.07) is 9.39. The zero-order chi connectivity index (χ0) is 21.2. The van der Waals surface area contributed by atoms with E-state index in [0.717, 1.165) is 40.2 Å². The van der Waals surface area contributed by atoms with Gasteiger partial charge in [0.15, 0.2) is 12.0 Å². The molecule has 3 N–H and O–H groups in total. The van der Waals surface area contributed by atoms with E-state index >= 15 is 0 Å². The van der Waals surface area contributed by atoms with Gasteiger partial charge in [0.05, 0.1) is 24.3 Å². The molecule has 0 unspecified atom stereocenters. The monoisotopic (exact) mass is 416 g/mol. The number of aromatic nitrogens is 5. The number of hydrogen-bond donors (Lipinski definition) is 2. The summed E-state index contributed by atoms with van der Waals surface area (Å²) in [6.45, 7) is 2.79. The minimum absolute atomic E-state index is 0.197. The number of morpholine rings is 1. The molecule has 0 bridgehead atoms. The molecule has 0 amide bonds. The molecule has 4 heterocycles. The van der Waals surface area contributed by atoms with Gasteiger partial charge in [0.2, 0.25) is 12.1 Å². The van der Waals surface area contributed by atoms with Gasteiger partial charge in [-0.3, -0.25) is 0 Å². The van der Waals surface area contributed by atoms with Crippen molar-refractivity contribution in [2.24, 2.45) is 0 Å². The zero-order valence-electron chi connectivity index (χ0n) is 16.6. The lowest BCUT2D eigenvalue weighted by Gasteiger charge is -2.29. The van der Waals surface area contributed by atoms with E-state index in [0.29, 0.717) is 30.3 Å². The van der Waals surface area contributed by atoms with Crippen LogP contribution in [-0.2, 0) is 4.74 Å². The summed E-state index contributed by atoms with van der Waals surface area (Å²) in [7, 11) is 0. The average molecular weight is 416 g/mol. The Hall–Kier alpha value is -4.05. The van der Waals surface area contributed by atoms with E-state index in [1.54, 1.807) is 18.5 Å². The molecular formula is C21H20N8O2. The Labute approximate surface area is 178 Å². The Bertz CT molecular complexity index is 1230. The molecule has 0 radical (unpaired) electrons. The van der Waals surface area contributed by atoms with Crippen LogP contribution in [0.3, 0.4) is 0 Å². The number of nitrogens with two attached hydrogens (primary N) is 1. The largest absolute Gasteiger partial charge is 0.619 e. The van der Waals surface area contributed by atoms with Crippen LogP contribution < -0.4 is 20.7 Å². The minimum atomic E-state index is 0.197. The third kappa shape index (κ3) is 4.01. The van der Waals surface area contributed by atoms with Gasteiger partial charge in [-0.2, -0.15) is 4.73 Å². The number of rotatable bonds is 4. The van der Waals surface area contributed by atoms with E-state index in [9.17, 15) is 5.21 Å². The molecule has 10 nitrogen and oxygen atoms in total. The normalized spacial score (nSPS) is 14.0. The molecule has 1 fully saturated rings. The van der Waals surface area contributed by atoms with Crippen molar-refractivity contribution in [3.05, 3.63) is 60.3 Å². The summed E-state index contributed by atoms with van der Waals surface area (Å²) in [6.07, 6.45) is 6.15. The third-order valence-corrected chi connectivity index (χ3v) is 4.98. The smallest absolute Gasteiger partial charge is 0.219 e. The van der Waals surface area contributed by atoms with Crippen molar-refractivity contribution in [1.82, 2.24) is 19.9 Å². The number of fused-ring (bicyclic) bond motifs is 1. The molecule has 156 valence electrons. The first kappa shape index (κ1) is 18.9. The lowest BCUT2D eigenvalue weighted by molar-refractivity contribution is -0.604. The van der Waals surface area contributed by atoms with E-state index in [4.69, 9.17) is 20.4 Å². The van der Waals surface area contributed by atoms with Crippen LogP contribution in [0.25, 0.3) is 22.3 Å². The van der Waals surface area contributed by atoms with E-state index < -0.39 is 0 Å². The van der Waals surface area contributed by atoms with Gasteiger partial charge < -0.3 is 25.9 Å². The number of anilines is 4. The maximum Gasteiger partial charge on any atom is 0.219 e. The second kappa shape index (κ2) is 8.00. The van der Waals surface area contributed by atoms with Crippen LogP contribution in [0.2, 0.25) is 0 Å². The molecule has 0 saturated carbocycles. The topological polar surface area (TPSA) is 129 Å². The van der Waals surface area contributed by atoms with E-state index in [-0.39, 0.29) is 5.95 Å². The van der Waals surface area contributed by atoms with Gasteiger partial charge in [-0.05, 0) is 24.3 Å². The highest BCUT2D eigenvalue weighted by Crippen LogP contribution is 2.30. The molecule has 0 atom stereocenters. The molecule has 1 aromatic carbocycles. The van der Waals surface area contributed by atoms with Gasteiger partial charge in [-0.25, -0.2) is 19.9 Å². The van der Waals surface area contributed by atoms with Crippen molar-refractivity contribution < 1.29 is 9.47 Å². The number of benzene rings is 1. The fourth-order valence-electron chi connectivity index (χ4n) is 3.48. The Morgan fingerprint density at radius 2 is 1.87 bits per heavy atom. The van der Waals surface area contributed by atoms with Crippen LogP contribution >= 0.6 is 0 Å². The fourth-order valence-corrected chi connectivity index (χ4v) is 3.48. The second-order valence-corrected chi connectivity index (χ2v) is 7.11. The molecule has 3 aromatic heterocycles. The van der Waals surface area contributed by atoms with Crippen molar-refractivity contribution >= 4 is 34.0 Å². The summed E-state index contributed by atoms with van der Waals surface area (Å²) in [5.74, 6) is 1.55. The van der Waals surface area contributed by atoms with Crippen molar-refractivity contribution in [2.75, 3.05) is 42.3 Å². The van der Waals surface area contributed by atoms with Crippen LogP contribution in [0.5, 0.6) is 0 Å². The molecule has 1 saturated heterocycles. The van der Waals surface area contributed by atoms with Crippen LogP contribution in [0.1, 0.15) is 0 Å². The second-order valence-electron chi connectivity index (χ2n) is 7.11. The molecule has 4 aromatic rings. The average Bonchev–Trinajstić information content (AvgIpc) is 2.79. The van der Waals surface area contributed by atoms with Crippen molar-refractivity contribution in [2.45, 2.75) is 0 Å². The Morgan fingerprint density at radius 3 is 2.65 bits per heavy atom. The highest BCUT2D eigenvalue weighted by molar-refractivity contribution is 5.93. The quantitative estimate of drug-likeness (QED) is 0.378. The highest BCUT2D eigenvalue weighted by Gasteiger charge is 2.18. The van der Waals surface area contributed by atoms with E-state index in [2.05, 4.69) is 20.2 Å². The van der Waals surface area contributed by atoms with Crippen molar-refractivity contribution in [3.8, 4) is 11.4 Å². The summed E-state index contributed by atoms with van der Waals surface area (Å²) in [5.41, 5.74) is 8.57. The molecule has 10 heteroatoms. The highest BCUT2D eigenvalue weighted by atomic mass is 16.5. The predicted octanol–water partition coefficient (Wildman–Crippen LogP) is 1.88. The number of nitrogens with one attached hydrogen (secondary N) is 1. The van der Waals surface area contributed by atoms with Gasteiger partial charge in [-0.15, -0.1) is 0 Å².